The average molecular weight is 589 g/mol. The van der Waals surface area contributed by atoms with Crippen molar-refractivity contribution in [3.05, 3.63) is 168 Å². The first kappa shape index (κ1) is 29.3. The van der Waals surface area contributed by atoms with E-state index in [-0.39, 0.29) is 11.6 Å². The molecule has 220 valence electrons. The van der Waals surface area contributed by atoms with Crippen molar-refractivity contribution in [2.75, 3.05) is 13.2 Å². The molecule has 0 saturated heterocycles. The van der Waals surface area contributed by atoms with Gasteiger partial charge in [-0.05, 0) is 93.4 Å². The third-order valence-corrected chi connectivity index (χ3v) is 7.58. The Hall–Kier alpha value is -5.74. The van der Waals surface area contributed by atoms with E-state index in [1.165, 1.54) is 0 Å². The summed E-state index contributed by atoms with van der Waals surface area (Å²) in [6.07, 6.45) is 7.64. The van der Waals surface area contributed by atoms with Crippen LogP contribution < -0.4 is 9.47 Å². The molecule has 0 radical (unpaired) electrons. The zero-order chi connectivity index (χ0) is 30.8. The fourth-order valence-corrected chi connectivity index (χ4v) is 5.18. The minimum atomic E-state index is -0.0589. The smallest absolute Gasteiger partial charge is 0.185 e. The molecule has 6 rings (SSSR count). The molecular formula is C41H32O4. The molecule has 6 aromatic carbocycles. The van der Waals surface area contributed by atoms with Crippen LogP contribution in [0.25, 0.3) is 33.7 Å². The van der Waals surface area contributed by atoms with Gasteiger partial charge in [-0.15, -0.1) is 0 Å². The number of rotatable bonds is 12. The highest BCUT2D eigenvalue weighted by atomic mass is 16.5. The first-order chi connectivity index (χ1) is 22.1. The van der Waals surface area contributed by atoms with Gasteiger partial charge < -0.3 is 9.47 Å². The number of carbonyl (C=O) groups is 2. The zero-order valence-corrected chi connectivity index (χ0v) is 24.8. The Kier molecular flexibility index (Phi) is 9.23. The van der Waals surface area contributed by atoms with Gasteiger partial charge in [0.2, 0.25) is 0 Å². The van der Waals surface area contributed by atoms with Crippen molar-refractivity contribution in [1.82, 2.24) is 0 Å². The molecule has 4 nitrogen and oxygen atoms in total. The minimum Gasteiger partial charge on any atom is -0.493 e. The summed E-state index contributed by atoms with van der Waals surface area (Å²) in [7, 11) is 0. The Morgan fingerprint density at radius 2 is 0.867 bits per heavy atom. The summed E-state index contributed by atoms with van der Waals surface area (Å²) >= 11 is 0. The molecule has 0 atom stereocenters. The fraction of sp³-hybridized carbons (Fsp3) is 0.0732. The number of ether oxygens (including phenoxy) is 2. The Morgan fingerprint density at radius 1 is 0.467 bits per heavy atom. The molecule has 0 aromatic heterocycles. The SMILES string of the molecule is O=C(/C=C/c1cccc2ccccc12)c1ccc(OCCCOc2ccc(C(=O)/C=C/c3cccc4ccccc34)cc2)cc1. The van der Waals surface area contributed by atoms with Crippen molar-refractivity contribution in [3.8, 4) is 11.5 Å². The van der Waals surface area contributed by atoms with Crippen LogP contribution in [0.4, 0.5) is 0 Å². The van der Waals surface area contributed by atoms with E-state index in [1.807, 2.05) is 84.9 Å². The van der Waals surface area contributed by atoms with Crippen LogP contribution in [0.1, 0.15) is 38.3 Å². The molecular weight excluding hydrogens is 556 g/mol. The lowest BCUT2D eigenvalue weighted by Crippen LogP contribution is -2.05. The maximum Gasteiger partial charge on any atom is 0.185 e. The molecule has 0 aliphatic rings. The lowest BCUT2D eigenvalue weighted by molar-refractivity contribution is 0.103. The van der Waals surface area contributed by atoms with Crippen molar-refractivity contribution in [2.45, 2.75) is 6.42 Å². The van der Waals surface area contributed by atoms with Crippen molar-refractivity contribution in [2.24, 2.45) is 0 Å². The Labute approximate surface area is 262 Å². The number of hydrogen-bond donors (Lipinski definition) is 0. The van der Waals surface area contributed by atoms with Crippen LogP contribution in [0.5, 0.6) is 11.5 Å². The summed E-state index contributed by atoms with van der Waals surface area (Å²) < 4.78 is 11.7. The van der Waals surface area contributed by atoms with Crippen molar-refractivity contribution in [3.63, 3.8) is 0 Å². The summed E-state index contributed by atoms with van der Waals surface area (Å²) in [5, 5.41) is 4.52. The molecule has 0 bridgehead atoms. The van der Waals surface area contributed by atoms with Gasteiger partial charge in [0.15, 0.2) is 11.6 Å². The highest BCUT2D eigenvalue weighted by molar-refractivity contribution is 6.08. The van der Waals surface area contributed by atoms with Crippen molar-refractivity contribution in [1.29, 1.82) is 0 Å². The highest BCUT2D eigenvalue weighted by Gasteiger charge is 2.06. The summed E-state index contributed by atoms with van der Waals surface area (Å²) in [6.45, 7) is 0.952. The predicted octanol–water partition coefficient (Wildman–Crippen LogP) is 9.63. The maximum atomic E-state index is 12.7. The molecule has 4 heteroatoms. The summed E-state index contributed by atoms with van der Waals surface area (Å²) in [5.74, 6) is 1.28. The second-order valence-corrected chi connectivity index (χ2v) is 10.6. The van der Waals surface area contributed by atoms with Gasteiger partial charge in [0.05, 0.1) is 13.2 Å². The number of benzene rings is 6. The first-order valence-corrected chi connectivity index (χ1v) is 15.0. The molecule has 0 amide bonds. The van der Waals surface area contributed by atoms with E-state index in [0.29, 0.717) is 42.3 Å². The zero-order valence-electron chi connectivity index (χ0n) is 24.8. The van der Waals surface area contributed by atoms with Gasteiger partial charge in [-0.1, -0.05) is 97.1 Å². The molecule has 45 heavy (non-hydrogen) atoms. The normalized spacial score (nSPS) is 11.4. The molecule has 6 aromatic rings. The summed E-state index contributed by atoms with van der Waals surface area (Å²) in [4.78, 5) is 25.5. The number of hydrogen-bond acceptors (Lipinski definition) is 4. The van der Waals surface area contributed by atoms with Crippen molar-refractivity contribution >= 4 is 45.3 Å². The van der Waals surface area contributed by atoms with E-state index in [1.54, 1.807) is 36.4 Å². The summed E-state index contributed by atoms with van der Waals surface area (Å²) in [6, 6.07) is 42.8. The Bertz CT molecular complexity index is 1840. The van der Waals surface area contributed by atoms with Gasteiger partial charge in [-0.25, -0.2) is 0 Å². The van der Waals surface area contributed by atoms with E-state index < -0.39 is 0 Å². The quantitative estimate of drug-likeness (QED) is 0.0811. The lowest BCUT2D eigenvalue weighted by atomic mass is 10.0. The van der Waals surface area contributed by atoms with Gasteiger partial charge in [-0.2, -0.15) is 0 Å². The first-order valence-electron chi connectivity index (χ1n) is 15.0. The van der Waals surface area contributed by atoms with Crippen LogP contribution >= 0.6 is 0 Å². The van der Waals surface area contributed by atoms with E-state index >= 15 is 0 Å². The van der Waals surface area contributed by atoms with E-state index in [2.05, 4.69) is 36.4 Å². The van der Waals surface area contributed by atoms with Gasteiger partial charge in [0, 0.05) is 17.5 Å². The number of fused-ring (bicyclic) bond motifs is 2. The second kappa shape index (κ2) is 14.2. The van der Waals surface area contributed by atoms with Crippen LogP contribution in [-0.2, 0) is 0 Å². The third-order valence-electron chi connectivity index (χ3n) is 7.58. The standard InChI is InChI=1S/C41H32O4/c42-40(26-20-32-12-5-10-30-8-1-3-14-38(30)32)34-16-22-36(23-17-34)44-28-7-29-45-37-24-18-35(19-25-37)41(43)27-21-33-13-6-11-31-9-2-4-15-39(31)33/h1-6,8-27H,7,28-29H2/b26-20+,27-21+. The monoisotopic (exact) mass is 588 g/mol. The lowest BCUT2D eigenvalue weighted by Gasteiger charge is -2.09. The number of allylic oxidation sites excluding steroid dienone is 2. The Morgan fingerprint density at radius 3 is 1.31 bits per heavy atom. The van der Waals surface area contributed by atoms with Gasteiger partial charge in [-0.3, -0.25) is 9.59 Å². The molecule has 0 aliphatic heterocycles. The molecule has 0 spiro atoms. The van der Waals surface area contributed by atoms with Crippen molar-refractivity contribution < 1.29 is 19.1 Å². The third kappa shape index (κ3) is 7.43. The topological polar surface area (TPSA) is 52.6 Å². The van der Waals surface area contributed by atoms with E-state index in [9.17, 15) is 9.59 Å². The second-order valence-electron chi connectivity index (χ2n) is 10.6. The highest BCUT2D eigenvalue weighted by Crippen LogP contribution is 2.22. The van der Waals surface area contributed by atoms with Crippen LogP contribution in [0.2, 0.25) is 0 Å². The molecule has 0 fully saturated rings. The van der Waals surface area contributed by atoms with Crippen LogP contribution in [-0.4, -0.2) is 24.8 Å². The van der Waals surface area contributed by atoms with E-state index in [4.69, 9.17) is 9.47 Å². The van der Waals surface area contributed by atoms with Gasteiger partial charge in [0.25, 0.3) is 0 Å². The summed E-state index contributed by atoms with van der Waals surface area (Å²) in [5.41, 5.74) is 3.23. The van der Waals surface area contributed by atoms with Crippen LogP contribution in [0, 0.1) is 0 Å². The average Bonchev–Trinajstić information content (AvgIpc) is 3.10. The Balaban J connectivity index is 0.938. The molecule has 0 saturated carbocycles. The van der Waals surface area contributed by atoms with Crippen LogP contribution in [0.3, 0.4) is 0 Å². The molecule has 0 N–H and O–H groups in total. The largest absolute Gasteiger partial charge is 0.493 e. The number of carbonyl (C=O) groups excluding carboxylic acids is 2. The predicted molar refractivity (Wildman–Crippen MR) is 183 cm³/mol. The molecule has 0 aliphatic carbocycles. The number of ketones is 2. The van der Waals surface area contributed by atoms with Crippen LogP contribution in [0.15, 0.2) is 146 Å². The maximum absolute atomic E-state index is 12.7. The molecule has 0 unspecified atom stereocenters. The fourth-order valence-electron chi connectivity index (χ4n) is 5.18. The van der Waals surface area contributed by atoms with Gasteiger partial charge >= 0.3 is 0 Å². The van der Waals surface area contributed by atoms with Gasteiger partial charge in [0.1, 0.15) is 11.5 Å². The van der Waals surface area contributed by atoms with E-state index in [0.717, 1.165) is 32.7 Å². The minimum absolute atomic E-state index is 0.0589. The molecule has 0 heterocycles.